The van der Waals surface area contributed by atoms with E-state index < -0.39 is 23.5 Å². The van der Waals surface area contributed by atoms with Crippen molar-refractivity contribution in [2.24, 2.45) is 0 Å². The Kier molecular flexibility index (Phi) is 46.3. The van der Waals surface area contributed by atoms with Crippen LogP contribution in [0, 0.1) is 19.7 Å². The fraction of sp³-hybridized carbons (Fsp3) is 0.412. The monoisotopic (exact) mass is 1590 g/mol. The molecule has 0 atom stereocenters. The second kappa shape index (κ2) is 50.9. The molecule has 0 aliphatic carbocycles. The second-order valence-corrected chi connectivity index (χ2v) is 29.7. The number of ether oxygens (including phenoxy) is 1. The van der Waals surface area contributed by atoms with Gasteiger partial charge in [-0.25, -0.2) is 9.37 Å². The van der Waals surface area contributed by atoms with Crippen molar-refractivity contribution in [3.63, 3.8) is 0 Å². The van der Waals surface area contributed by atoms with E-state index in [0.717, 1.165) is 62.6 Å². The topological polar surface area (TPSA) is 138 Å². The first-order valence-electron chi connectivity index (χ1n) is 35.6. The number of nitrogens with zero attached hydrogens (tertiary/aromatic N) is 10. The van der Waals surface area contributed by atoms with Crippen LogP contribution in [-0.4, -0.2) is 56.9 Å². The Balaban J connectivity index is 0.000000601. The van der Waals surface area contributed by atoms with Gasteiger partial charge in [-0.3, -0.25) is 44.9 Å². The Morgan fingerprint density at radius 1 is 0.324 bits per heavy atom. The van der Waals surface area contributed by atoms with Gasteiger partial charge in [0, 0.05) is 107 Å². The molecule has 0 aliphatic heterocycles. The largest absolute Gasteiger partial charge is 0.497 e. The lowest BCUT2D eigenvalue weighted by atomic mass is 10.0. The van der Waals surface area contributed by atoms with E-state index in [-0.39, 0.29) is 34.3 Å². The highest BCUT2D eigenvalue weighted by Crippen LogP contribution is 2.36. The lowest BCUT2D eigenvalue weighted by Gasteiger charge is -2.13. The first kappa shape index (κ1) is 98.3. The first-order chi connectivity index (χ1) is 50.4. The summed E-state index contributed by atoms with van der Waals surface area (Å²) in [6, 6.07) is 35.3. The van der Waals surface area contributed by atoms with E-state index in [1.54, 1.807) is 84.0 Å². The average molecular weight is 1600 g/mol. The molecule has 23 heteroatoms. The Labute approximate surface area is 663 Å². The molecule has 0 amide bonds. The highest BCUT2D eigenvalue weighted by atomic mass is 35.5. The van der Waals surface area contributed by atoms with Crippen LogP contribution in [-0.2, 0) is 12.4 Å². The predicted octanol–water partition coefficient (Wildman–Crippen LogP) is 28.1. The molecule has 0 spiro atoms. The summed E-state index contributed by atoms with van der Waals surface area (Å²) in [7, 11) is 1.67. The number of hydrogen-bond acceptors (Lipinski definition) is 11. The van der Waals surface area contributed by atoms with Crippen molar-refractivity contribution >= 4 is 58.0 Å². The van der Waals surface area contributed by atoms with E-state index in [1.165, 1.54) is 40.8 Å². The predicted molar refractivity (Wildman–Crippen MR) is 434 cm³/mol. The molecule has 0 radical (unpaired) electrons. The zero-order chi connectivity index (χ0) is 82.2. The number of rotatable bonds is 11. The molecule has 0 saturated heterocycles. The summed E-state index contributed by atoms with van der Waals surface area (Å²) in [5, 5.41) is 2.44. The number of methoxy groups -OCH3 is 1. The normalized spacial score (nSPS) is 10.8. The van der Waals surface area contributed by atoms with Crippen molar-refractivity contribution in [3.8, 4) is 5.75 Å². The number of halogens is 12. The van der Waals surface area contributed by atoms with Gasteiger partial charge >= 0.3 is 12.4 Å². The van der Waals surface area contributed by atoms with Crippen LogP contribution in [0.4, 0.5) is 30.7 Å². The Hall–Kier alpha value is -7.74. The van der Waals surface area contributed by atoms with Gasteiger partial charge < -0.3 is 4.74 Å². The molecule has 10 heterocycles. The standard InChI is InChI=1S/C9H9ClF3N.C9H10F3N.C9H13NO.2C9H13N.4C8H10ClN.C8H10FN/c1-5(2)8-3-6(9(11,12)13)7(10)4-14-8;1-6(2)8-7(9(10,11)12)4-3-5-13-8;1-7(2)9-6-8(11-3)4-5-10-9;1-7(2)9-5-4-8(3)6-10-9;1-7(2)9-8(3)5-4-6-10-9;1-6(2)8-5-7(9)3-4-10-8;1-6(2)8-4-3-7(9)5-10-8;1-6(2)8-7(9)4-3-5-10-8;1-6(2)7-4-3-5-8(9)10-7;1-6(2)8-7(9)4-3-5-10-8/h3-5H,1-2H3;3-6H,1-2H3;4-7H,1-3H3;2*4-7H,1-3H3;5*3-6H,1-2H3. The van der Waals surface area contributed by atoms with Gasteiger partial charge in [-0.2, -0.15) is 26.3 Å². The first-order valence-corrected chi connectivity index (χ1v) is 37.5. The van der Waals surface area contributed by atoms with Crippen LogP contribution < -0.4 is 4.74 Å². The zero-order valence-electron chi connectivity index (χ0n) is 66.4. The minimum absolute atomic E-state index is 0.0478. The van der Waals surface area contributed by atoms with Gasteiger partial charge in [0.25, 0.3) is 0 Å². The van der Waals surface area contributed by atoms with Crippen molar-refractivity contribution < 1.29 is 35.5 Å². The number of alkyl halides is 6. The number of hydrogen-bond donors (Lipinski definition) is 0. The summed E-state index contributed by atoms with van der Waals surface area (Å²) in [6.45, 7) is 44.5. The Bertz CT molecular complexity index is 3910. The summed E-state index contributed by atoms with van der Waals surface area (Å²) in [6.07, 6.45) is 6.03. The molecule has 0 saturated carbocycles. The van der Waals surface area contributed by atoms with Gasteiger partial charge in [-0.1, -0.05) is 215 Å². The fourth-order valence-electron chi connectivity index (χ4n) is 8.76. The fourth-order valence-corrected chi connectivity index (χ4v) is 9.76. The summed E-state index contributed by atoms with van der Waals surface area (Å²) in [5.41, 5.74) is 9.72. The zero-order valence-corrected chi connectivity index (χ0v) is 70.2. The maximum atomic E-state index is 12.8. The van der Waals surface area contributed by atoms with Crippen molar-refractivity contribution in [3.05, 3.63) is 287 Å². The van der Waals surface area contributed by atoms with Crippen molar-refractivity contribution in [2.45, 2.75) is 224 Å². The minimum atomic E-state index is -4.41. The van der Waals surface area contributed by atoms with Gasteiger partial charge in [-0.15, -0.1) is 0 Å². The van der Waals surface area contributed by atoms with E-state index in [4.69, 9.17) is 62.7 Å². The van der Waals surface area contributed by atoms with Gasteiger partial charge in [-0.05, 0) is 181 Å². The van der Waals surface area contributed by atoms with E-state index in [9.17, 15) is 30.7 Å². The Morgan fingerprint density at radius 3 is 1.13 bits per heavy atom. The maximum Gasteiger partial charge on any atom is 0.418 e. The SMILES string of the molecule is CC(C)c1cc(C(F)(F)F)c(Cl)cn1.CC(C)c1cc(Cl)ccn1.CC(C)c1ccc(Cl)cn1.CC(C)c1cccc(Cl)n1.CC(C)c1ncccc1C(F)(F)F.CC(C)c1ncccc1Cl.CC(C)c1ncccc1F.COc1ccnc(C(C)C)c1.Cc1ccc(C(C)C)nc1.Cc1cccnc1C(C)C. The molecule has 10 rings (SSSR count). The van der Waals surface area contributed by atoms with Gasteiger partial charge in [0.2, 0.25) is 0 Å². The molecule has 10 aromatic rings. The summed E-state index contributed by atoms with van der Waals surface area (Å²) >= 11 is 28.3. The molecule has 0 fully saturated rings. The average Bonchev–Trinajstić information content (AvgIpc) is 0.814. The minimum Gasteiger partial charge on any atom is -0.497 e. The third-order valence-electron chi connectivity index (χ3n) is 14.8. The van der Waals surface area contributed by atoms with Crippen LogP contribution in [0.2, 0.25) is 25.2 Å². The van der Waals surface area contributed by atoms with Crippen LogP contribution in [0.3, 0.4) is 0 Å². The Morgan fingerprint density at radius 2 is 0.759 bits per heavy atom. The third-order valence-corrected chi connectivity index (χ3v) is 16.1. The van der Waals surface area contributed by atoms with Crippen molar-refractivity contribution in [1.82, 2.24) is 49.8 Å². The lowest BCUT2D eigenvalue weighted by molar-refractivity contribution is -0.139. The molecule has 0 bridgehead atoms. The van der Waals surface area contributed by atoms with E-state index in [2.05, 4.69) is 179 Å². The molecule has 0 N–H and O–H groups in total. The number of aryl methyl sites for hydroxylation is 2. The molecular weight excluding hydrogens is 1490 g/mol. The highest BCUT2D eigenvalue weighted by molar-refractivity contribution is 6.32. The number of aromatic nitrogens is 10. The van der Waals surface area contributed by atoms with Crippen molar-refractivity contribution in [2.75, 3.05) is 7.11 Å². The summed E-state index contributed by atoms with van der Waals surface area (Å²) in [4.78, 5) is 40.8. The van der Waals surface area contributed by atoms with Crippen molar-refractivity contribution in [1.29, 1.82) is 0 Å². The second-order valence-electron chi connectivity index (χ2n) is 27.6. The van der Waals surface area contributed by atoms with Crippen LogP contribution in [0.15, 0.2) is 177 Å². The molecule has 0 unspecified atom stereocenters. The van der Waals surface area contributed by atoms with Crippen LogP contribution in [0.25, 0.3) is 0 Å². The van der Waals surface area contributed by atoms with Gasteiger partial charge in [0.05, 0.1) is 50.4 Å². The number of pyridine rings is 10. The van der Waals surface area contributed by atoms with Crippen LogP contribution in [0.5, 0.6) is 5.75 Å². The summed E-state index contributed by atoms with van der Waals surface area (Å²) in [5.74, 6) is 3.93. The molecular formula is C85H108Cl5F7N10O. The quantitative estimate of drug-likeness (QED) is 0.0903. The summed E-state index contributed by atoms with van der Waals surface area (Å²) < 4.78 is 92.1. The molecule has 0 aliphatic rings. The molecule has 108 heavy (non-hydrogen) atoms. The third kappa shape index (κ3) is 39.6. The molecule has 10 aromatic heterocycles. The van der Waals surface area contributed by atoms with Crippen LogP contribution >= 0.6 is 58.0 Å². The van der Waals surface area contributed by atoms with Gasteiger partial charge in [0.15, 0.2) is 0 Å². The smallest absolute Gasteiger partial charge is 0.418 e. The molecule has 11 nitrogen and oxygen atoms in total. The maximum absolute atomic E-state index is 12.8. The van der Waals surface area contributed by atoms with E-state index in [0.29, 0.717) is 63.0 Å². The van der Waals surface area contributed by atoms with Crippen LogP contribution in [0.1, 0.15) is 277 Å². The lowest BCUT2D eigenvalue weighted by Crippen LogP contribution is -2.11. The van der Waals surface area contributed by atoms with E-state index in [1.807, 2.05) is 86.9 Å². The molecule has 588 valence electrons. The van der Waals surface area contributed by atoms with Gasteiger partial charge in [0.1, 0.15) is 16.7 Å². The molecule has 0 aromatic carbocycles. The highest BCUT2D eigenvalue weighted by Gasteiger charge is 2.35. The van der Waals surface area contributed by atoms with E-state index >= 15 is 0 Å².